The Hall–Kier alpha value is -2.73. The van der Waals surface area contributed by atoms with E-state index in [9.17, 15) is 9.90 Å². The van der Waals surface area contributed by atoms with Gasteiger partial charge in [-0.05, 0) is 60.9 Å². The summed E-state index contributed by atoms with van der Waals surface area (Å²) < 4.78 is 5.04. The fourth-order valence-electron chi connectivity index (χ4n) is 2.35. The lowest BCUT2D eigenvalue weighted by atomic mass is 10.1. The molecule has 1 atom stereocenters. The van der Waals surface area contributed by atoms with Crippen LogP contribution < -0.4 is 15.5 Å². The smallest absolute Gasteiger partial charge is 0.262 e. The first-order chi connectivity index (χ1) is 12.4. The van der Waals surface area contributed by atoms with E-state index < -0.39 is 6.04 Å². The van der Waals surface area contributed by atoms with Crippen LogP contribution in [0, 0.1) is 6.92 Å². The minimum atomic E-state index is -0.429. The van der Waals surface area contributed by atoms with Gasteiger partial charge >= 0.3 is 0 Å². The number of hydrogen-bond donors (Lipinski definition) is 3. The first kappa shape index (κ1) is 19.6. The summed E-state index contributed by atoms with van der Waals surface area (Å²) in [6.07, 6.45) is 2.08. The number of methoxy groups -OCH3 is 1. The number of benzene rings is 2. The van der Waals surface area contributed by atoms with Crippen molar-refractivity contribution in [3.63, 3.8) is 0 Å². The van der Waals surface area contributed by atoms with Gasteiger partial charge in [0.2, 0.25) is 0 Å². The molecule has 6 nitrogen and oxygen atoms in total. The summed E-state index contributed by atoms with van der Waals surface area (Å²) in [5.41, 5.74) is 5.03. The summed E-state index contributed by atoms with van der Waals surface area (Å²) in [6, 6.07) is 9.82. The van der Waals surface area contributed by atoms with Gasteiger partial charge in [0.25, 0.3) is 5.91 Å². The third-order valence-corrected chi connectivity index (χ3v) is 4.07. The van der Waals surface area contributed by atoms with Gasteiger partial charge in [0, 0.05) is 10.7 Å². The van der Waals surface area contributed by atoms with Gasteiger partial charge in [0.15, 0.2) is 11.5 Å². The molecular formula is C19H22ClN3O3. The van der Waals surface area contributed by atoms with E-state index in [1.165, 1.54) is 19.4 Å². The second kappa shape index (κ2) is 9.10. The molecule has 2 rings (SSSR count). The quantitative estimate of drug-likeness (QED) is 0.509. The number of rotatable bonds is 7. The monoisotopic (exact) mass is 375 g/mol. The Bertz CT molecular complexity index is 809. The maximum Gasteiger partial charge on any atom is 0.262 e. The maximum atomic E-state index is 12.3. The number of halogens is 1. The first-order valence-electron chi connectivity index (χ1n) is 8.17. The van der Waals surface area contributed by atoms with Crippen molar-refractivity contribution < 1.29 is 14.6 Å². The van der Waals surface area contributed by atoms with Gasteiger partial charge in [-0.3, -0.25) is 4.79 Å². The van der Waals surface area contributed by atoms with Crippen molar-refractivity contribution in [1.29, 1.82) is 0 Å². The fraction of sp³-hybridized carbons (Fsp3) is 0.263. The number of carbonyl (C=O) groups excluding carboxylic acids is 1. The number of phenolic OH excluding ortho intramolecular Hbond substituents is 1. The van der Waals surface area contributed by atoms with Crippen LogP contribution in [0.3, 0.4) is 0 Å². The van der Waals surface area contributed by atoms with E-state index in [1.807, 2.05) is 26.0 Å². The fourth-order valence-corrected chi connectivity index (χ4v) is 2.58. The van der Waals surface area contributed by atoms with Crippen LogP contribution in [0.4, 0.5) is 5.69 Å². The van der Waals surface area contributed by atoms with E-state index in [2.05, 4.69) is 15.8 Å². The summed E-state index contributed by atoms with van der Waals surface area (Å²) >= 11 is 5.96. The summed E-state index contributed by atoms with van der Waals surface area (Å²) in [4.78, 5) is 12.3. The summed E-state index contributed by atoms with van der Waals surface area (Å²) in [7, 11) is 1.47. The van der Waals surface area contributed by atoms with Crippen molar-refractivity contribution in [1.82, 2.24) is 5.43 Å². The summed E-state index contributed by atoms with van der Waals surface area (Å²) in [5, 5.41) is 17.4. The number of nitrogens with one attached hydrogen (secondary N) is 2. The molecule has 0 aliphatic carbocycles. The Morgan fingerprint density at radius 2 is 2.12 bits per heavy atom. The van der Waals surface area contributed by atoms with Crippen molar-refractivity contribution in [2.75, 3.05) is 12.4 Å². The zero-order valence-corrected chi connectivity index (χ0v) is 15.7. The van der Waals surface area contributed by atoms with Crippen LogP contribution in [0.2, 0.25) is 5.02 Å². The van der Waals surface area contributed by atoms with Crippen LogP contribution in [0.15, 0.2) is 41.5 Å². The standard InChI is InChI=1S/C19H22ClN3O3/c1-4-15(22-16-7-6-14(20)9-12(16)2)19(25)23-21-11-13-5-8-17(24)18(10-13)26-3/h5-11,15,22,24H,4H2,1-3H3,(H,23,25)/b21-11-. The average Bonchev–Trinajstić information content (AvgIpc) is 2.62. The minimum Gasteiger partial charge on any atom is -0.504 e. The molecule has 7 heteroatoms. The van der Waals surface area contributed by atoms with Crippen LogP contribution in [-0.4, -0.2) is 30.4 Å². The summed E-state index contributed by atoms with van der Waals surface area (Å²) in [5.74, 6) is 0.137. The minimum absolute atomic E-state index is 0.0438. The molecule has 0 aliphatic heterocycles. The number of amides is 1. The molecule has 2 aromatic carbocycles. The molecule has 0 saturated heterocycles. The second-order valence-corrected chi connectivity index (χ2v) is 6.17. The molecule has 0 fully saturated rings. The third-order valence-electron chi connectivity index (χ3n) is 3.84. The van der Waals surface area contributed by atoms with Crippen LogP contribution in [-0.2, 0) is 4.79 Å². The van der Waals surface area contributed by atoms with E-state index in [1.54, 1.807) is 18.2 Å². The Morgan fingerprint density at radius 3 is 2.77 bits per heavy atom. The predicted octanol–water partition coefficient (Wildman–Crippen LogP) is 3.70. The van der Waals surface area contributed by atoms with Gasteiger partial charge in [-0.1, -0.05) is 18.5 Å². The first-order valence-corrected chi connectivity index (χ1v) is 8.55. The van der Waals surface area contributed by atoms with E-state index in [0.717, 1.165) is 11.3 Å². The highest BCUT2D eigenvalue weighted by Gasteiger charge is 2.16. The predicted molar refractivity (Wildman–Crippen MR) is 104 cm³/mol. The van der Waals surface area contributed by atoms with Crippen LogP contribution in [0.25, 0.3) is 0 Å². The Labute approximate surface area is 157 Å². The molecule has 0 heterocycles. The molecule has 0 aromatic heterocycles. The van der Waals surface area contributed by atoms with E-state index in [4.69, 9.17) is 16.3 Å². The summed E-state index contributed by atoms with van der Waals surface area (Å²) in [6.45, 7) is 3.84. The lowest BCUT2D eigenvalue weighted by Gasteiger charge is -2.18. The molecule has 3 N–H and O–H groups in total. The number of hydrazone groups is 1. The lowest BCUT2D eigenvalue weighted by Crippen LogP contribution is -2.37. The van der Waals surface area contributed by atoms with Crippen molar-refractivity contribution in [3.8, 4) is 11.5 Å². The van der Waals surface area contributed by atoms with Gasteiger partial charge in [0.1, 0.15) is 6.04 Å². The second-order valence-electron chi connectivity index (χ2n) is 5.73. The van der Waals surface area contributed by atoms with Gasteiger partial charge in [0.05, 0.1) is 13.3 Å². The highest BCUT2D eigenvalue weighted by molar-refractivity contribution is 6.30. The molecular weight excluding hydrogens is 354 g/mol. The maximum absolute atomic E-state index is 12.3. The molecule has 1 amide bonds. The van der Waals surface area contributed by atoms with Crippen molar-refractivity contribution in [2.24, 2.45) is 5.10 Å². The Morgan fingerprint density at radius 1 is 1.35 bits per heavy atom. The number of aryl methyl sites for hydroxylation is 1. The molecule has 138 valence electrons. The Kier molecular flexibility index (Phi) is 6.86. The molecule has 26 heavy (non-hydrogen) atoms. The number of hydrogen-bond acceptors (Lipinski definition) is 5. The van der Waals surface area contributed by atoms with E-state index in [0.29, 0.717) is 22.8 Å². The normalized spacial score (nSPS) is 12.0. The van der Waals surface area contributed by atoms with Crippen molar-refractivity contribution >= 4 is 29.4 Å². The van der Waals surface area contributed by atoms with Crippen molar-refractivity contribution in [3.05, 3.63) is 52.5 Å². The van der Waals surface area contributed by atoms with Crippen LogP contribution >= 0.6 is 11.6 Å². The molecule has 0 bridgehead atoms. The number of aromatic hydroxyl groups is 1. The third kappa shape index (κ3) is 5.13. The van der Waals surface area contributed by atoms with E-state index >= 15 is 0 Å². The van der Waals surface area contributed by atoms with Gasteiger partial charge in [-0.15, -0.1) is 0 Å². The van der Waals surface area contributed by atoms with Crippen LogP contribution in [0.5, 0.6) is 11.5 Å². The van der Waals surface area contributed by atoms with Gasteiger partial charge < -0.3 is 15.2 Å². The zero-order valence-electron chi connectivity index (χ0n) is 14.9. The molecule has 0 spiro atoms. The highest BCUT2D eigenvalue weighted by Crippen LogP contribution is 2.25. The molecule has 0 aliphatic rings. The largest absolute Gasteiger partial charge is 0.504 e. The topological polar surface area (TPSA) is 83.0 Å². The number of anilines is 1. The molecule has 0 saturated carbocycles. The zero-order chi connectivity index (χ0) is 19.1. The lowest BCUT2D eigenvalue weighted by molar-refractivity contribution is -0.121. The number of ether oxygens (including phenoxy) is 1. The highest BCUT2D eigenvalue weighted by atomic mass is 35.5. The van der Waals surface area contributed by atoms with Crippen LogP contribution in [0.1, 0.15) is 24.5 Å². The van der Waals surface area contributed by atoms with Gasteiger partial charge in [-0.25, -0.2) is 5.43 Å². The van der Waals surface area contributed by atoms with E-state index in [-0.39, 0.29) is 11.7 Å². The van der Waals surface area contributed by atoms with Gasteiger partial charge in [-0.2, -0.15) is 5.10 Å². The average molecular weight is 376 g/mol. The van der Waals surface area contributed by atoms with Crippen molar-refractivity contribution in [2.45, 2.75) is 26.3 Å². The molecule has 2 aromatic rings. The number of phenols is 1. The Balaban J connectivity index is 2.00. The SMILES string of the molecule is CCC(Nc1ccc(Cl)cc1C)C(=O)N/N=C\c1ccc(O)c(OC)c1. The molecule has 0 radical (unpaired) electrons. The number of nitrogens with zero attached hydrogens (tertiary/aromatic N) is 1. The molecule has 1 unspecified atom stereocenters. The number of carbonyl (C=O) groups is 1.